The number of hydrogen-bond donors (Lipinski definition) is 2. The first-order valence-electron chi connectivity index (χ1n) is 4.21. The minimum Gasteiger partial charge on any atom is -0.393 e. The minimum atomic E-state index is -0.257. The van der Waals surface area contributed by atoms with Crippen LogP contribution in [0.25, 0.3) is 0 Å². The molecule has 3 atom stereocenters. The first-order chi connectivity index (χ1) is 5.20. The molecule has 3 N–H and O–H groups in total. The van der Waals surface area contributed by atoms with E-state index in [2.05, 4.69) is 0 Å². The topological polar surface area (TPSA) is 55.5 Å². The van der Waals surface area contributed by atoms with Gasteiger partial charge in [0, 0.05) is 12.6 Å². The van der Waals surface area contributed by atoms with Crippen LogP contribution in [0.1, 0.15) is 19.8 Å². The standard InChI is InChI=1S/C8H17NO2/c1-6(10)4-7-5-11-3-2-8(7)9/h6-8,10H,2-5,9H2,1H3. The van der Waals surface area contributed by atoms with Gasteiger partial charge in [-0.15, -0.1) is 0 Å². The molecule has 0 spiro atoms. The van der Waals surface area contributed by atoms with Crippen molar-refractivity contribution in [1.29, 1.82) is 0 Å². The molecule has 1 rings (SSSR count). The minimum absolute atomic E-state index is 0.221. The van der Waals surface area contributed by atoms with E-state index in [1.165, 1.54) is 0 Å². The molecule has 0 aromatic carbocycles. The highest BCUT2D eigenvalue weighted by molar-refractivity contribution is 4.77. The summed E-state index contributed by atoms with van der Waals surface area (Å²) in [6.07, 6.45) is 1.44. The summed E-state index contributed by atoms with van der Waals surface area (Å²) in [6.45, 7) is 3.28. The molecule has 0 aliphatic carbocycles. The van der Waals surface area contributed by atoms with Crippen LogP contribution in [0.2, 0.25) is 0 Å². The van der Waals surface area contributed by atoms with Crippen LogP contribution in [-0.2, 0) is 4.74 Å². The molecule has 3 heteroatoms. The summed E-state index contributed by atoms with van der Waals surface area (Å²) in [5.41, 5.74) is 5.84. The van der Waals surface area contributed by atoms with Crippen molar-refractivity contribution in [3.8, 4) is 0 Å². The van der Waals surface area contributed by atoms with Crippen molar-refractivity contribution < 1.29 is 9.84 Å². The molecule has 0 saturated carbocycles. The highest BCUT2D eigenvalue weighted by Crippen LogP contribution is 2.17. The Morgan fingerprint density at radius 1 is 1.73 bits per heavy atom. The summed E-state index contributed by atoms with van der Waals surface area (Å²) in [5.74, 6) is 0.351. The zero-order valence-electron chi connectivity index (χ0n) is 6.99. The van der Waals surface area contributed by atoms with Crippen LogP contribution >= 0.6 is 0 Å². The SMILES string of the molecule is CC(O)CC1COCCC1N. The van der Waals surface area contributed by atoms with Gasteiger partial charge in [0.1, 0.15) is 0 Å². The molecule has 1 saturated heterocycles. The Balaban J connectivity index is 2.29. The first-order valence-corrected chi connectivity index (χ1v) is 4.21. The zero-order valence-corrected chi connectivity index (χ0v) is 6.99. The lowest BCUT2D eigenvalue weighted by molar-refractivity contribution is 0.0206. The molecule has 0 aromatic rings. The fourth-order valence-corrected chi connectivity index (χ4v) is 1.49. The Hall–Kier alpha value is -0.120. The van der Waals surface area contributed by atoms with E-state index in [1.54, 1.807) is 6.92 Å². The maximum absolute atomic E-state index is 9.11. The Bertz CT molecular complexity index is 117. The highest BCUT2D eigenvalue weighted by atomic mass is 16.5. The average Bonchev–Trinajstić information content (AvgIpc) is 1.93. The Labute approximate surface area is 67.5 Å². The number of rotatable bonds is 2. The van der Waals surface area contributed by atoms with Gasteiger partial charge in [0.25, 0.3) is 0 Å². The molecular weight excluding hydrogens is 142 g/mol. The molecule has 3 nitrogen and oxygen atoms in total. The summed E-state index contributed by atoms with van der Waals surface area (Å²) in [6, 6.07) is 0.221. The summed E-state index contributed by atoms with van der Waals surface area (Å²) < 4.78 is 5.26. The molecule has 0 aromatic heterocycles. The maximum Gasteiger partial charge on any atom is 0.0516 e. The van der Waals surface area contributed by atoms with Gasteiger partial charge in [-0.3, -0.25) is 0 Å². The van der Waals surface area contributed by atoms with E-state index in [0.717, 1.165) is 19.4 Å². The van der Waals surface area contributed by atoms with Gasteiger partial charge in [-0.25, -0.2) is 0 Å². The fraction of sp³-hybridized carbons (Fsp3) is 1.00. The molecule has 3 unspecified atom stereocenters. The van der Waals surface area contributed by atoms with Crippen LogP contribution in [0.4, 0.5) is 0 Å². The zero-order chi connectivity index (χ0) is 8.27. The predicted molar refractivity (Wildman–Crippen MR) is 43.2 cm³/mol. The van der Waals surface area contributed by atoms with Gasteiger partial charge >= 0.3 is 0 Å². The smallest absolute Gasteiger partial charge is 0.0516 e. The largest absolute Gasteiger partial charge is 0.393 e. The average molecular weight is 159 g/mol. The van der Waals surface area contributed by atoms with E-state index in [1.807, 2.05) is 0 Å². The monoisotopic (exact) mass is 159 g/mol. The third-order valence-electron chi connectivity index (χ3n) is 2.18. The van der Waals surface area contributed by atoms with Crippen molar-refractivity contribution in [2.45, 2.75) is 31.9 Å². The Kier molecular flexibility index (Phi) is 3.30. The van der Waals surface area contributed by atoms with Crippen molar-refractivity contribution in [3.63, 3.8) is 0 Å². The van der Waals surface area contributed by atoms with Gasteiger partial charge in [-0.2, -0.15) is 0 Å². The summed E-state index contributed by atoms with van der Waals surface area (Å²) in [4.78, 5) is 0. The number of hydrogen-bond acceptors (Lipinski definition) is 3. The van der Waals surface area contributed by atoms with Crippen LogP contribution in [0.15, 0.2) is 0 Å². The second-order valence-corrected chi connectivity index (χ2v) is 3.37. The van der Waals surface area contributed by atoms with E-state index in [0.29, 0.717) is 12.5 Å². The molecule has 1 heterocycles. The second-order valence-electron chi connectivity index (χ2n) is 3.37. The van der Waals surface area contributed by atoms with Crippen LogP contribution in [0.5, 0.6) is 0 Å². The Morgan fingerprint density at radius 2 is 2.45 bits per heavy atom. The molecule has 11 heavy (non-hydrogen) atoms. The second kappa shape index (κ2) is 4.04. The molecule has 0 amide bonds. The van der Waals surface area contributed by atoms with Crippen LogP contribution in [0.3, 0.4) is 0 Å². The molecule has 0 bridgehead atoms. The van der Waals surface area contributed by atoms with Gasteiger partial charge in [0.05, 0.1) is 12.7 Å². The van der Waals surface area contributed by atoms with Crippen molar-refractivity contribution in [2.24, 2.45) is 11.7 Å². The van der Waals surface area contributed by atoms with E-state index in [4.69, 9.17) is 15.6 Å². The fourth-order valence-electron chi connectivity index (χ4n) is 1.49. The summed E-state index contributed by atoms with van der Waals surface area (Å²) >= 11 is 0. The Morgan fingerprint density at radius 3 is 3.00 bits per heavy atom. The van der Waals surface area contributed by atoms with E-state index >= 15 is 0 Å². The van der Waals surface area contributed by atoms with Gasteiger partial charge in [-0.1, -0.05) is 0 Å². The number of aliphatic hydroxyl groups is 1. The highest BCUT2D eigenvalue weighted by Gasteiger charge is 2.23. The first kappa shape index (κ1) is 8.97. The van der Waals surface area contributed by atoms with Gasteiger partial charge in [0.15, 0.2) is 0 Å². The lowest BCUT2D eigenvalue weighted by atomic mass is 9.91. The van der Waals surface area contributed by atoms with E-state index < -0.39 is 0 Å². The summed E-state index contributed by atoms with van der Waals surface area (Å²) in [7, 11) is 0. The lowest BCUT2D eigenvalue weighted by Gasteiger charge is -2.29. The summed E-state index contributed by atoms with van der Waals surface area (Å²) in [5, 5.41) is 9.11. The van der Waals surface area contributed by atoms with Crippen molar-refractivity contribution in [2.75, 3.05) is 13.2 Å². The molecule has 1 aliphatic heterocycles. The quantitative estimate of drug-likeness (QED) is 0.601. The number of ether oxygens (including phenoxy) is 1. The van der Waals surface area contributed by atoms with Crippen LogP contribution < -0.4 is 5.73 Å². The van der Waals surface area contributed by atoms with Crippen LogP contribution in [-0.4, -0.2) is 30.5 Å². The lowest BCUT2D eigenvalue weighted by Crippen LogP contribution is -2.39. The predicted octanol–water partition coefficient (Wildman–Crippen LogP) is 0.121. The third-order valence-corrected chi connectivity index (χ3v) is 2.18. The van der Waals surface area contributed by atoms with Crippen LogP contribution in [0, 0.1) is 5.92 Å². The van der Waals surface area contributed by atoms with Crippen molar-refractivity contribution >= 4 is 0 Å². The van der Waals surface area contributed by atoms with Gasteiger partial charge in [0.2, 0.25) is 0 Å². The maximum atomic E-state index is 9.11. The van der Waals surface area contributed by atoms with Gasteiger partial charge < -0.3 is 15.6 Å². The number of nitrogens with two attached hydrogens (primary N) is 1. The van der Waals surface area contributed by atoms with Crippen molar-refractivity contribution in [1.82, 2.24) is 0 Å². The molecule has 0 radical (unpaired) electrons. The molecule has 1 fully saturated rings. The van der Waals surface area contributed by atoms with E-state index in [-0.39, 0.29) is 12.1 Å². The molecular formula is C8H17NO2. The normalized spacial score (nSPS) is 35.2. The number of aliphatic hydroxyl groups excluding tert-OH is 1. The molecule has 66 valence electrons. The van der Waals surface area contributed by atoms with Gasteiger partial charge in [-0.05, 0) is 25.7 Å². The van der Waals surface area contributed by atoms with E-state index in [9.17, 15) is 0 Å². The third kappa shape index (κ3) is 2.77. The molecule has 1 aliphatic rings. The van der Waals surface area contributed by atoms with Crippen molar-refractivity contribution in [3.05, 3.63) is 0 Å².